The van der Waals surface area contributed by atoms with Crippen LogP contribution in [0.2, 0.25) is 0 Å². The Morgan fingerprint density at radius 3 is 2.42 bits per heavy atom. The van der Waals surface area contributed by atoms with Crippen molar-refractivity contribution in [3.8, 4) is 11.4 Å². The van der Waals surface area contributed by atoms with Gasteiger partial charge in [0.15, 0.2) is 5.82 Å². The number of hydrogen-bond donors (Lipinski definition) is 1. The Kier molecular flexibility index (Phi) is 6.70. The van der Waals surface area contributed by atoms with Gasteiger partial charge in [0.1, 0.15) is 18.9 Å². The first-order chi connectivity index (χ1) is 15.9. The lowest BCUT2D eigenvalue weighted by molar-refractivity contribution is -0.116. The van der Waals surface area contributed by atoms with E-state index in [1.807, 2.05) is 98.1 Å². The lowest BCUT2D eigenvalue weighted by Crippen LogP contribution is -2.20. The van der Waals surface area contributed by atoms with E-state index in [0.717, 1.165) is 33.8 Å². The molecule has 0 bridgehead atoms. The SMILES string of the molecule is Cc1ccc(-n2c(COc3ccccc3)nn(CC(=O)Nc3cccc(C)c3C)c2=S)cc1. The molecule has 4 aromatic rings. The molecule has 7 heteroatoms. The summed E-state index contributed by atoms with van der Waals surface area (Å²) in [5, 5.41) is 7.61. The van der Waals surface area contributed by atoms with Crippen LogP contribution in [0.1, 0.15) is 22.5 Å². The number of ether oxygens (including phenoxy) is 1. The number of anilines is 1. The molecule has 6 nitrogen and oxygen atoms in total. The largest absolute Gasteiger partial charge is 0.486 e. The molecule has 0 aliphatic heterocycles. The number of amides is 1. The first kappa shape index (κ1) is 22.5. The summed E-state index contributed by atoms with van der Waals surface area (Å²) in [5.74, 6) is 1.16. The molecule has 1 aromatic heterocycles. The predicted octanol–water partition coefficient (Wildman–Crippen LogP) is 5.55. The number of benzene rings is 3. The van der Waals surface area contributed by atoms with Crippen LogP contribution < -0.4 is 10.1 Å². The van der Waals surface area contributed by atoms with E-state index in [4.69, 9.17) is 17.0 Å². The van der Waals surface area contributed by atoms with Crippen LogP contribution in [0.5, 0.6) is 5.75 Å². The highest BCUT2D eigenvalue weighted by Crippen LogP contribution is 2.19. The van der Waals surface area contributed by atoms with Crippen LogP contribution in [0.3, 0.4) is 0 Å². The van der Waals surface area contributed by atoms with Gasteiger partial charge >= 0.3 is 0 Å². The molecule has 0 fully saturated rings. The van der Waals surface area contributed by atoms with Gasteiger partial charge in [0.2, 0.25) is 10.7 Å². The summed E-state index contributed by atoms with van der Waals surface area (Å²) in [4.78, 5) is 12.8. The van der Waals surface area contributed by atoms with Crippen LogP contribution in [-0.2, 0) is 17.9 Å². The van der Waals surface area contributed by atoms with E-state index in [9.17, 15) is 4.79 Å². The van der Waals surface area contributed by atoms with Gasteiger partial charge in [-0.15, -0.1) is 0 Å². The van der Waals surface area contributed by atoms with Crippen LogP contribution in [0.4, 0.5) is 5.69 Å². The third kappa shape index (κ3) is 5.21. The van der Waals surface area contributed by atoms with Crippen LogP contribution >= 0.6 is 12.2 Å². The molecule has 0 saturated carbocycles. The van der Waals surface area contributed by atoms with Crippen molar-refractivity contribution in [2.75, 3.05) is 5.32 Å². The lowest BCUT2D eigenvalue weighted by Gasteiger charge is -2.10. The first-order valence-corrected chi connectivity index (χ1v) is 11.1. The Balaban J connectivity index is 1.62. The molecule has 0 atom stereocenters. The van der Waals surface area contributed by atoms with Crippen LogP contribution in [-0.4, -0.2) is 20.3 Å². The van der Waals surface area contributed by atoms with E-state index < -0.39 is 0 Å². The molecule has 0 spiro atoms. The van der Waals surface area contributed by atoms with Crippen LogP contribution in [0.15, 0.2) is 72.8 Å². The van der Waals surface area contributed by atoms with Gasteiger partial charge < -0.3 is 10.1 Å². The molecule has 3 aromatic carbocycles. The van der Waals surface area contributed by atoms with Crippen molar-refractivity contribution in [1.29, 1.82) is 0 Å². The molecule has 0 aliphatic rings. The third-order valence-corrected chi connectivity index (χ3v) is 5.88. The fraction of sp³-hybridized carbons (Fsp3) is 0.192. The van der Waals surface area contributed by atoms with Crippen molar-refractivity contribution < 1.29 is 9.53 Å². The number of para-hydroxylation sites is 1. The molecular weight excluding hydrogens is 432 g/mol. The molecule has 168 valence electrons. The van der Waals surface area contributed by atoms with E-state index in [0.29, 0.717) is 10.6 Å². The van der Waals surface area contributed by atoms with E-state index in [-0.39, 0.29) is 19.1 Å². The van der Waals surface area contributed by atoms with Crippen molar-refractivity contribution in [2.24, 2.45) is 0 Å². The summed E-state index contributed by atoms with van der Waals surface area (Å²) in [5.41, 5.74) is 4.97. The minimum absolute atomic E-state index is 0.00339. The van der Waals surface area contributed by atoms with Crippen molar-refractivity contribution in [3.05, 3.63) is 100 Å². The molecule has 0 aliphatic carbocycles. The lowest BCUT2D eigenvalue weighted by atomic mass is 10.1. The second kappa shape index (κ2) is 9.83. The van der Waals surface area contributed by atoms with E-state index in [2.05, 4.69) is 10.4 Å². The number of carbonyl (C=O) groups excluding carboxylic acids is 1. The van der Waals surface area contributed by atoms with Gasteiger partial charge in [0, 0.05) is 11.4 Å². The number of nitrogens with one attached hydrogen (secondary N) is 1. The van der Waals surface area contributed by atoms with E-state index in [1.165, 1.54) is 0 Å². The second-order valence-corrected chi connectivity index (χ2v) is 8.29. The molecule has 0 saturated heterocycles. The maximum Gasteiger partial charge on any atom is 0.246 e. The smallest absolute Gasteiger partial charge is 0.246 e. The average Bonchev–Trinajstić information content (AvgIpc) is 3.11. The minimum atomic E-state index is -0.191. The zero-order valence-corrected chi connectivity index (χ0v) is 19.7. The molecular formula is C26H26N4O2S. The molecule has 1 heterocycles. The zero-order chi connectivity index (χ0) is 23.4. The Bertz CT molecular complexity index is 1320. The maximum atomic E-state index is 12.8. The second-order valence-electron chi connectivity index (χ2n) is 7.92. The van der Waals surface area contributed by atoms with Crippen LogP contribution in [0.25, 0.3) is 5.69 Å². The summed E-state index contributed by atoms with van der Waals surface area (Å²) >= 11 is 5.72. The van der Waals surface area contributed by atoms with E-state index in [1.54, 1.807) is 4.68 Å². The summed E-state index contributed by atoms with van der Waals surface area (Å²) in [7, 11) is 0. The number of nitrogens with zero attached hydrogens (tertiary/aromatic N) is 3. The van der Waals surface area contributed by atoms with Crippen molar-refractivity contribution in [3.63, 3.8) is 0 Å². The quantitative estimate of drug-likeness (QED) is 0.369. The molecule has 33 heavy (non-hydrogen) atoms. The highest BCUT2D eigenvalue weighted by atomic mass is 32.1. The number of aromatic nitrogens is 3. The summed E-state index contributed by atoms with van der Waals surface area (Å²) in [6.45, 7) is 6.26. The topological polar surface area (TPSA) is 61.1 Å². The van der Waals surface area contributed by atoms with Gasteiger partial charge in [-0.1, -0.05) is 48.0 Å². The van der Waals surface area contributed by atoms with Gasteiger partial charge in [-0.05, 0) is 74.4 Å². The first-order valence-electron chi connectivity index (χ1n) is 10.7. The van der Waals surface area contributed by atoms with Gasteiger partial charge in [-0.3, -0.25) is 9.36 Å². The minimum Gasteiger partial charge on any atom is -0.486 e. The summed E-state index contributed by atoms with van der Waals surface area (Å²) in [6, 6.07) is 23.4. The predicted molar refractivity (Wildman–Crippen MR) is 132 cm³/mol. The van der Waals surface area contributed by atoms with Crippen molar-refractivity contribution >= 4 is 23.8 Å². The maximum absolute atomic E-state index is 12.8. The number of carbonyl (C=O) groups is 1. The Labute approximate surface area is 198 Å². The fourth-order valence-corrected chi connectivity index (χ4v) is 3.80. The van der Waals surface area contributed by atoms with Gasteiger partial charge in [-0.2, -0.15) is 5.10 Å². The van der Waals surface area contributed by atoms with Gasteiger partial charge in [-0.25, -0.2) is 4.68 Å². The molecule has 0 unspecified atom stereocenters. The average molecular weight is 459 g/mol. The van der Waals surface area contributed by atoms with E-state index >= 15 is 0 Å². The third-order valence-electron chi connectivity index (χ3n) is 5.48. The molecule has 1 N–H and O–H groups in total. The highest BCUT2D eigenvalue weighted by Gasteiger charge is 2.16. The van der Waals surface area contributed by atoms with Crippen molar-refractivity contribution in [2.45, 2.75) is 33.9 Å². The van der Waals surface area contributed by atoms with Crippen LogP contribution in [0, 0.1) is 25.5 Å². The monoisotopic (exact) mass is 458 g/mol. The number of rotatable bonds is 7. The standard InChI is InChI=1S/C26H26N4O2S/c1-18-12-14-21(15-13-18)30-24(17-32-22-9-5-4-6-10-22)28-29(26(30)33)16-25(31)27-23-11-7-8-19(2)20(23)3/h4-15H,16-17H2,1-3H3,(H,27,31). The Morgan fingerprint density at radius 2 is 1.70 bits per heavy atom. The fourth-order valence-electron chi connectivity index (χ4n) is 3.48. The normalized spacial score (nSPS) is 10.8. The summed E-state index contributed by atoms with van der Waals surface area (Å²) in [6.07, 6.45) is 0. The van der Waals surface area contributed by atoms with Crippen molar-refractivity contribution in [1.82, 2.24) is 14.3 Å². The Morgan fingerprint density at radius 1 is 0.970 bits per heavy atom. The highest BCUT2D eigenvalue weighted by molar-refractivity contribution is 7.71. The number of hydrogen-bond acceptors (Lipinski definition) is 4. The molecule has 1 amide bonds. The molecule has 4 rings (SSSR count). The Hall–Kier alpha value is -3.71. The zero-order valence-electron chi connectivity index (χ0n) is 18.9. The molecule has 0 radical (unpaired) electrons. The van der Waals surface area contributed by atoms with Gasteiger partial charge in [0.05, 0.1) is 0 Å². The summed E-state index contributed by atoms with van der Waals surface area (Å²) < 4.78 is 9.76. The number of aryl methyl sites for hydroxylation is 2. The van der Waals surface area contributed by atoms with Gasteiger partial charge in [0.25, 0.3) is 0 Å².